The highest BCUT2D eigenvalue weighted by atomic mass is 15.2. The van der Waals surface area contributed by atoms with Gasteiger partial charge in [-0.1, -0.05) is 121 Å². The normalized spacial score (nSPS) is 12.1. The van der Waals surface area contributed by atoms with Gasteiger partial charge in [0.2, 0.25) is 5.95 Å². The van der Waals surface area contributed by atoms with Crippen molar-refractivity contribution in [2.75, 3.05) is 0 Å². The first-order valence-corrected chi connectivity index (χ1v) is 16.6. The van der Waals surface area contributed by atoms with E-state index < -0.39 is 0 Å². The van der Waals surface area contributed by atoms with Gasteiger partial charge in [-0.2, -0.15) is 0 Å². The van der Waals surface area contributed by atoms with Gasteiger partial charge in [0, 0.05) is 38.2 Å². The Bertz CT molecular complexity index is 3090. The molecule has 0 unspecified atom stereocenters. The van der Waals surface area contributed by atoms with E-state index in [1.54, 1.807) is 0 Å². The van der Waals surface area contributed by atoms with Crippen molar-refractivity contribution in [2.45, 2.75) is 0 Å². The topological polar surface area (TPSA) is 40.0 Å². The monoisotopic (exact) mass is 625 g/mol. The van der Waals surface area contributed by atoms with Crippen LogP contribution in [0.2, 0.25) is 0 Å². The number of aromatic nitrogens is 5. The Labute approximate surface area is 280 Å². The molecule has 5 aromatic heterocycles. The number of nitrogens with zero attached hydrogens (tertiary/aromatic N) is 5. The number of rotatable bonds is 3. The van der Waals surface area contributed by atoms with Gasteiger partial charge in [0.25, 0.3) is 0 Å². The molecule has 0 fully saturated rings. The minimum Gasteiger partial charge on any atom is -0.307 e. The molecule has 0 saturated heterocycles. The molecule has 49 heavy (non-hydrogen) atoms. The zero-order chi connectivity index (χ0) is 32.1. The summed E-state index contributed by atoms with van der Waals surface area (Å²) in [6.07, 6.45) is 0. The van der Waals surface area contributed by atoms with Gasteiger partial charge < -0.3 is 8.97 Å². The van der Waals surface area contributed by atoms with Gasteiger partial charge in [-0.25, -0.2) is 9.97 Å². The molecule has 5 nitrogen and oxygen atoms in total. The zero-order valence-electron chi connectivity index (χ0n) is 26.3. The molecule has 5 heterocycles. The van der Waals surface area contributed by atoms with E-state index in [2.05, 4.69) is 171 Å². The van der Waals surface area contributed by atoms with Gasteiger partial charge in [0.1, 0.15) is 0 Å². The van der Waals surface area contributed by atoms with Gasteiger partial charge in [0.15, 0.2) is 0 Å². The third-order valence-corrected chi connectivity index (χ3v) is 9.99. The Morgan fingerprint density at radius 2 is 1.02 bits per heavy atom. The highest BCUT2D eigenvalue weighted by molar-refractivity contribution is 6.29. The summed E-state index contributed by atoms with van der Waals surface area (Å²) in [7, 11) is 0. The quantitative estimate of drug-likeness (QED) is 0.196. The summed E-state index contributed by atoms with van der Waals surface area (Å²) in [6, 6.07) is 58.0. The van der Waals surface area contributed by atoms with Gasteiger partial charge in [0.05, 0.1) is 49.8 Å². The van der Waals surface area contributed by atoms with E-state index in [-0.39, 0.29) is 0 Å². The lowest BCUT2D eigenvalue weighted by molar-refractivity contribution is 1.02. The molecule has 11 aromatic rings. The molecular weight excluding hydrogens is 599 g/mol. The first kappa shape index (κ1) is 26.4. The summed E-state index contributed by atoms with van der Waals surface area (Å²) in [4.78, 5) is 10.8. The van der Waals surface area contributed by atoms with Crippen LogP contribution in [-0.2, 0) is 0 Å². The Morgan fingerprint density at radius 3 is 1.82 bits per heavy atom. The van der Waals surface area contributed by atoms with Crippen LogP contribution >= 0.6 is 0 Å². The smallest absolute Gasteiger partial charge is 0.235 e. The zero-order valence-corrected chi connectivity index (χ0v) is 26.3. The van der Waals surface area contributed by atoms with Gasteiger partial charge in [-0.3, -0.25) is 4.57 Å². The van der Waals surface area contributed by atoms with Crippen LogP contribution < -0.4 is 0 Å². The summed E-state index contributed by atoms with van der Waals surface area (Å²) in [5.74, 6) is 0.650. The maximum Gasteiger partial charge on any atom is 0.235 e. The fourth-order valence-electron chi connectivity index (χ4n) is 8.00. The van der Waals surface area contributed by atoms with Crippen LogP contribution in [0.15, 0.2) is 164 Å². The Kier molecular flexibility index (Phi) is 5.32. The molecule has 0 atom stereocenters. The lowest BCUT2D eigenvalue weighted by atomic mass is 10.1. The van der Waals surface area contributed by atoms with E-state index in [1.807, 2.05) is 6.07 Å². The molecular formula is C44H27N5. The maximum absolute atomic E-state index is 5.43. The summed E-state index contributed by atoms with van der Waals surface area (Å²) in [5, 5.41) is 5.75. The highest BCUT2D eigenvalue weighted by Gasteiger charge is 2.27. The Morgan fingerprint density at radius 1 is 0.408 bits per heavy atom. The van der Waals surface area contributed by atoms with Crippen molar-refractivity contribution >= 4 is 71.1 Å². The molecule has 0 aliphatic rings. The Balaban J connectivity index is 1.44. The van der Waals surface area contributed by atoms with Crippen molar-refractivity contribution in [3.8, 4) is 22.9 Å². The molecule has 0 aliphatic carbocycles. The van der Waals surface area contributed by atoms with Crippen molar-refractivity contribution in [1.82, 2.24) is 23.5 Å². The number of para-hydroxylation sites is 5. The molecule has 0 N–H and O–H groups in total. The van der Waals surface area contributed by atoms with Crippen LogP contribution in [0.1, 0.15) is 0 Å². The maximum atomic E-state index is 5.43. The van der Waals surface area contributed by atoms with Gasteiger partial charge >= 0.3 is 0 Å². The van der Waals surface area contributed by atoms with E-state index in [1.165, 1.54) is 21.7 Å². The van der Waals surface area contributed by atoms with E-state index in [0.29, 0.717) is 5.95 Å². The fraction of sp³-hybridized carbons (Fsp3) is 0. The molecule has 0 amide bonds. The lowest BCUT2D eigenvalue weighted by Gasteiger charge is -2.13. The molecule has 5 heteroatoms. The lowest BCUT2D eigenvalue weighted by Crippen LogP contribution is -2.04. The minimum atomic E-state index is 0.650. The minimum absolute atomic E-state index is 0.650. The van der Waals surface area contributed by atoms with Crippen LogP contribution in [0.25, 0.3) is 94.0 Å². The van der Waals surface area contributed by atoms with E-state index in [0.717, 1.165) is 66.3 Å². The van der Waals surface area contributed by atoms with Crippen molar-refractivity contribution in [2.24, 2.45) is 0 Å². The molecule has 11 rings (SSSR count). The van der Waals surface area contributed by atoms with E-state index in [4.69, 9.17) is 9.97 Å². The van der Waals surface area contributed by atoms with Gasteiger partial charge in [-0.15, -0.1) is 0 Å². The predicted molar refractivity (Wildman–Crippen MR) is 202 cm³/mol. The number of pyridine rings is 1. The molecule has 0 spiro atoms. The summed E-state index contributed by atoms with van der Waals surface area (Å²) < 4.78 is 7.20. The molecule has 0 radical (unpaired) electrons. The van der Waals surface area contributed by atoms with Crippen molar-refractivity contribution in [3.05, 3.63) is 164 Å². The largest absolute Gasteiger partial charge is 0.307 e. The van der Waals surface area contributed by atoms with Crippen LogP contribution in [0.3, 0.4) is 0 Å². The van der Waals surface area contributed by atoms with E-state index >= 15 is 0 Å². The molecule has 0 aliphatic heterocycles. The molecule has 6 aromatic carbocycles. The SMILES string of the molecule is c1ccc(-c2nc(-n3c4ccccc4c4c3c3c5ccccc5n(-c5ccccc5)c3c3cc5ccccc5n34)nc3ccccc23)cc1. The second-order valence-corrected chi connectivity index (χ2v) is 12.6. The van der Waals surface area contributed by atoms with E-state index in [9.17, 15) is 0 Å². The molecule has 228 valence electrons. The summed E-state index contributed by atoms with van der Waals surface area (Å²) in [6.45, 7) is 0. The van der Waals surface area contributed by atoms with Gasteiger partial charge in [-0.05, 0) is 42.5 Å². The van der Waals surface area contributed by atoms with Crippen molar-refractivity contribution in [3.63, 3.8) is 0 Å². The highest BCUT2D eigenvalue weighted by Crippen LogP contribution is 2.45. The van der Waals surface area contributed by atoms with Crippen LogP contribution in [0.5, 0.6) is 0 Å². The van der Waals surface area contributed by atoms with Crippen LogP contribution in [0.4, 0.5) is 0 Å². The average molecular weight is 626 g/mol. The standard InChI is InChI=1S/C44H27N5/c1-3-15-28(16-4-1)40-31-20-8-11-23-34(31)45-44(46-40)49-37-26-14-10-22-33(37)41-43(49)39-32-21-9-13-25-36(32)47(30-18-5-2-6-19-30)42(39)38-27-29-17-7-12-24-35(29)48(38)41/h1-27H. The number of hydrogen-bond donors (Lipinski definition) is 0. The third-order valence-electron chi connectivity index (χ3n) is 9.99. The number of fused-ring (bicyclic) bond motifs is 13. The van der Waals surface area contributed by atoms with Crippen LogP contribution in [0, 0.1) is 0 Å². The summed E-state index contributed by atoms with van der Waals surface area (Å²) in [5.41, 5.74) is 12.0. The first-order valence-electron chi connectivity index (χ1n) is 16.6. The molecule has 0 saturated carbocycles. The number of benzene rings is 6. The molecule has 0 bridgehead atoms. The fourth-order valence-corrected chi connectivity index (χ4v) is 8.00. The Hall–Kier alpha value is -6.72. The van der Waals surface area contributed by atoms with Crippen molar-refractivity contribution in [1.29, 1.82) is 0 Å². The number of hydrogen-bond acceptors (Lipinski definition) is 2. The second kappa shape index (κ2) is 9.89. The average Bonchev–Trinajstić information content (AvgIpc) is 3.83. The summed E-state index contributed by atoms with van der Waals surface area (Å²) >= 11 is 0. The third kappa shape index (κ3) is 3.59. The van der Waals surface area contributed by atoms with Crippen molar-refractivity contribution < 1.29 is 0 Å². The van der Waals surface area contributed by atoms with Crippen LogP contribution in [-0.4, -0.2) is 23.5 Å². The second-order valence-electron chi connectivity index (χ2n) is 12.6. The first-order chi connectivity index (χ1) is 24.3. The predicted octanol–water partition coefficient (Wildman–Crippen LogP) is 10.9.